The van der Waals surface area contributed by atoms with Gasteiger partial charge in [-0.25, -0.2) is 12.8 Å². The minimum Gasteiger partial charge on any atom is -0.497 e. The molecule has 3 nitrogen and oxygen atoms in total. The molecule has 0 saturated carbocycles. The summed E-state index contributed by atoms with van der Waals surface area (Å²) < 4.78 is 41.3. The Bertz CT molecular complexity index is 696. The Morgan fingerprint density at radius 3 is 2.26 bits per heavy atom. The van der Waals surface area contributed by atoms with Gasteiger partial charge in [0.25, 0.3) is 9.05 Å². The summed E-state index contributed by atoms with van der Waals surface area (Å²) in [5.41, 5.74) is 0.713. The van der Waals surface area contributed by atoms with Crippen LogP contribution in [-0.2, 0) is 9.05 Å². The predicted octanol–water partition coefficient (Wildman–Crippen LogP) is 3.43. The summed E-state index contributed by atoms with van der Waals surface area (Å²) in [4.78, 5) is -0.138. The molecule has 0 amide bonds. The molecule has 2 aromatic carbocycles. The molecule has 0 aliphatic rings. The molecule has 0 aromatic heterocycles. The van der Waals surface area contributed by atoms with Gasteiger partial charge in [-0.05, 0) is 35.9 Å². The molecule has 0 N–H and O–H groups in total. The lowest BCUT2D eigenvalue weighted by Gasteiger charge is -2.06. The van der Waals surface area contributed by atoms with Crippen LogP contribution in [0.15, 0.2) is 47.4 Å². The second kappa shape index (κ2) is 5.19. The Morgan fingerprint density at radius 2 is 1.74 bits per heavy atom. The van der Waals surface area contributed by atoms with E-state index in [2.05, 4.69) is 0 Å². The van der Waals surface area contributed by atoms with Crippen LogP contribution >= 0.6 is 10.7 Å². The van der Waals surface area contributed by atoms with Crippen molar-refractivity contribution in [1.29, 1.82) is 0 Å². The molecule has 2 aromatic rings. The standard InChI is InChI=1S/C13H10ClFO3S/c1-18-10-4-2-9(3-5-10)12-8-11(19(14,16)17)6-7-13(12)15/h2-8H,1H3. The molecule has 0 aliphatic heterocycles. The minimum atomic E-state index is -3.88. The van der Waals surface area contributed by atoms with E-state index in [1.54, 1.807) is 24.3 Å². The first-order valence-corrected chi connectivity index (χ1v) is 7.61. The highest BCUT2D eigenvalue weighted by molar-refractivity contribution is 8.13. The Hall–Kier alpha value is -1.59. The van der Waals surface area contributed by atoms with Gasteiger partial charge in [0.05, 0.1) is 12.0 Å². The number of hydrogen-bond donors (Lipinski definition) is 0. The van der Waals surface area contributed by atoms with Crippen molar-refractivity contribution < 1.29 is 17.5 Å². The minimum absolute atomic E-state index is 0.138. The molecule has 0 heterocycles. The van der Waals surface area contributed by atoms with Gasteiger partial charge >= 0.3 is 0 Å². The van der Waals surface area contributed by atoms with Gasteiger partial charge in [-0.2, -0.15) is 0 Å². The fraction of sp³-hybridized carbons (Fsp3) is 0.0769. The van der Waals surface area contributed by atoms with Gasteiger partial charge < -0.3 is 4.74 Å². The number of ether oxygens (including phenoxy) is 1. The molecule has 6 heteroatoms. The highest BCUT2D eigenvalue weighted by Crippen LogP contribution is 2.28. The van der Waals surface area contributed by atoms with Crippen LogP contribution in [0.3, 0.4) is 0 Å². The zero-order valence-electron chi connectivity index (χ0n) is 9.93. The normalized spacial score (nSPS) is 11.3. The zero-order valence-corrected chi connectivity index (χ0v) is 11.5. The van der Waals surface area contributed by atoms with Crippen LogP contribution in [0.4, 0.5) is 4.39 Å². The maximum Gasteiger partial charge on any atom is 0.261 e. The highest BCUT2D eigenvalue weighted by atomic mass is 35.7. The van der Waals surface area contributed by atoms with E-state index in [-0.39, 0.29) is 10.5 Å². The number of rotatable bonds is 3. The smallest absolute Gasteiger partial charge is 0.261 e. The molecule has 0 bridgehead atoms. The summed E-state index contributed by atoms with van der Waals surface area (Å²) in [7, 11) is 2.89. The van der Waals surface area contributed by atoms with Crippen LogP contribution < -0.4 is 4.74 Å². The molecule has 19 heavy (non-hydrogen) atoms. The van der Waals surface area contributed by atoms with E-state index in [4.69, 9.17) is 15.4 Å². The SMILES string of the molecule is COc1ccc(-c2cc(S(=O)(=O)Cl)ccc2F)cc1. The van der Waals surface area contributed by atoms with Crippen molar-refractivity contribution >= 4 is 19.7 Å². The Kier molecular flexibility index (Phi) is 3.78. The van der Waals surface area contributed by atoms with Crippen LogP contribution in [0.2, 0.25) is 0 Å². The van der Waals surface area contributed by atoms with Crippen LogP contribution in [0.5, 0.6) is 5.75 Å². The second-order valence-corrected chi connectivity index (χ2v) is 6.37. The van der Waals surface area contributed by atoms with E-state index in [1.165, 1.54) is 13.2 Å². The molecule has 0 fully saturated rings. The molecule has 100 valence electrons. The molecule has 0 spiro atoms. The monoisotopic (exact) mass is 300 g/mol. The van der Waals surface area contributed by atoms with Gasteiger partial charge in [0.2, 0.25) is 0 Å². The predicted molar refractivity (Wildman–Crippen MR) is 71.4 cm³/mol. The molecule has 0 radical (unpaired) electrons. The van der Waals surface area contributed by atoms with Gasteiger partial charge in [-0.3, -0.25) is 0 Å². The summed E-state index contributed by atoms with van der Waals surface area (Å²) in [6.07, 6.45) is 0. The van der Waals surface area contributed by atoms with Gasteiger partial charge in [0.15, 0.2) is 0 Å². The maximum atomic E-state index is 13.8. The van der Waals surface area contributed by atoms with Gasteiger partial charge in [-0.15, -0.1) is 0 Å². The van der Waals surface area contributed by atoms with Crippen molar-refractivity contribution in [3.63, 3.8) is 0 Å². The number of halogens is 2. The van der Waals surface area contributed by atoms with Crippen molar-refractivity contribution in [1.82, 2.24) is 0 Å². The summed E-state index contributed by atoms with van der Waals surface area (Å²) in [6.45, 7) is 0. The van der Waals surface area contributed by atoms with Crippen LogP contribution in [0.25, 0.3) is 11.1 Å². The average Bonchev–Trinajstić information content (AvgIpc) is 2.38. The van der Waals surface area contributed by atoms with Gasteiger partial charge in [-0.1, -0.05) is 12.1 Å². The van der Waals surface area contributed by atoms with Crippen molar-refractivity contribution in [2.24, 2.45) is 0 Å². The lowest BCUT2D eigenvalue weighted by molar-refractivity contribution is 0.415. The van der Waals surface area contributed by atoms with Crippen LogP contribution in [-0.4, -0.2) is 15.5 Å². The maximum absolute atomic E-state index is 13.8. The Labute approximate surface area is 115 Å². The second-order valence-electron chi connectivity index (χ2n) is 3.81. The summed E-state index contributed by atoms with van der Waals surface area (Å²) in [5.74, 6) is 0.111. The lowest BCUT2D eigenvalue weighted by atomic mass is 10.1. The molecule has 2 rings (SSSR count). The quantitative estimate of drug-likeness (QED) is 0.816. The van der Waals surface area contributed by atoms with Crippen molar-refractivity contribution in [2.45, 2.75) is 4.90 Å². The molecule has 0 saturated heterocycles. The molecule has 0 atom stereocenters. The van der Waals surface area contributed by atoms with Crippen molar-refractivity contribution in [2.75, 3.05) is 7.11 Å². The zero-order chi connectivity index (χ0) is 14.0. The van der Waals surface area contributed by atoms with E-state index in [0.717, 1.165) is 12.1 Å². The topological polar surface area (TPSA) is 43.4 Å². The summed E-state index contributed by atoms with van der Waals surface area (Å²) in [6, 6.07) is 10.0. The van der Waals surface area contributed by atoms with Gasteiger partial charge in [0, 0.05) is 16.2 Å². The van der Waals surface area contributed by atoms with Crippen LogP contribution in [0, 0.1) is 5.82 Å². The first-order chi connectivity index (χ1) is 8.91. The first-order valence-electron chi connectivity index (χ1n) is 5.30. The summed E-state index contributed by atoms with van der Waals surface area (Å²) in [5, 5.41) is 0. The third kappa shape index (κ3) is 3.05. The molecular formula is C13H10ClFO3S. The fourth-order valence-electron chi connectivity index (χ4n) is 1.65. The van der Waals surface area contributed by atoms with E-state index in [1.807, 2.05) is 0 Å². The summed E-state index contributed by atoms with van der Waals surface area (Å²) >= 11 is 0. The number of methoxy groups -OCH3 is 1. The molecule has 0 unspecified atom stereocenters. The average molecular weight is 301 g/mol. The van der Waals surface area contributed by atoms with Crippen molar-refractivity contribution in [3.8, 4) is 16.9 Å². The Balaban J connectivity index is 2.54. The highest BCUT2D eigenvalue weighted by Gasteiger charge is 2.14. The molecular weight excluding hydrogens is 291 g/mol. The largest absolute Gasteiger partial charge is 0.497 e. The number of hydrogen-bond acceptors (Lipinski definition) is 3. The third-order valence-corrected chi connectivity index (χ3v) is 3.97. The van der Waals surface area contributed by atoms with E-state index < -0.39 is 14.9 Å². The fourth-order valence-corrected chi connectivity index (χ4v) is 2.42. The van der Waals surface area contributed by atoms with Crippen molar-refractivity contribution in [3.05, 3.63) is 48.3 Å². The lowest BCUT2D eigenvalue weighted by Crippen LogP contribution is -1.93. The Morgan fingerprint density at radius 1 is 1.11 bits per heavy atom. The molecule has 0 aliphatic carbocycles. The van der Waals surface area contributed by atoms with E-state index >= 15 is 0 Å². The van der Waals surface area contributed by atoms with Crippen LogP contribution in [0.1, 0.15) is 0 Å². The number of benzene rings is 2. The third-order valence-electron chi connectivity index (χ3n) is 2.62. The van der Waals surface area contributed by atoms with Gasteiger partial charge in [0.1, 0.15) is 11.6 Å². The van der Waals surface area contributed by atoms with E-state index in [9.17, 15) is 12.8 Å². The van der Waals surface area contributed by atoms with E-state index in [0.29, 0.717) is 11.3 Å². The first kappa shape index (κ1) is 13.8.